The molecule has 0 fully saturated rings. The molecule has 0 spiro atoms. The lowest BCUT2D eigenvalue weighted by molar-refractivity contribution is -0.660. The molecule has 0 bridgehead atoms. The highest BCUT2D eigenvalue weighted by Crippen LogP contribution is 2.37. The Kier molecular flexibility index (Phi) is 4.22. The number of ether oxygens (including phenoxy) is 1. The van der Waals surface area contributed by atoms with Crippen molar-refractivity contribution >= 4 is 21.6 Å². The van der Waals surface area contributed by atoms with Crippen molar-refractivity contribution in [2.75, 3.05) is 7.11 Å². The molecule has 0 heterocycles. The first kappa shape index (κ1) is 14.6. The molecule has 0 unspecified atom stereocenters. The zero-order valence-corrected chi connectivity index (χ0v) is 10.8. The molecule has 1 aromatic carbocycles. The molecule has 1 rings (SSSR count). The van der Waals surface area contributed by atoms with Gasteiger partial charge in [0.05, 0.1) is 21.9 Å². The van der Waals surface area contributed by atoms with Crippen LogP contribution < -0.4 is 4.74 Å². The van der Waals surface area contributed by atoms with Crippen molar-refractivity contribution in [1.29, 1.82) is 0 Å². The van der Waals surface area contributed by atoms with Gasteiger partial charge in [-0.1, -0.05) is 22.0 Å². The van der Waals surface area contributed by atoms with E-state index in [9.17, 15) is 30.3 Å². The van der Waals surface area contributed by atoms with Crippen LogP contribution in [0, 0.1) is 36.5 Å². The summed E-state index contributed by atoms with van der Waals surface area (Å²) in [6, 6.07) is 1.72. The maximum atomic E-state index is 10.8. The average molecular weight is 335 g/mol. The highest BCUT2D eigenvalue weighted by atomic mass is 79.9. The Labute approximate surface area is 113 Å². The molecule has 0 saturated heterocycles. The molecule has 102 valence electrons. The SMILES string of the molecule is COc1c(Br)cc([C-]([N+](=O)[O-])[N+](=O)[O-])cc1[N+](=O)[O-]. The molecular weight excluding hydrogens is 330 g/mol. The van der Waals surface area contributed by atoms with Crippen molar-refractivity contribution in [3.05, 3.63) is 58.7 Å². The fraction of sp³-hybridized carbons (Fsp3) is 0.125. The van der Waals surface area contributed by atoms with E-state index in [0.29, 0.717) is 6.07 Å². The van der Waals surface area contributed by atoms with E-state index >= 15 is 0 Å². The molecule has 0 aliphatic heterocycles. The van der Waals surface area contributed by atoms with Gasteiger partial charge in [-0.2, -0.15) is 0 Å². The van der Waals surface area contributed by atoms with Gasteiger partial charge in [0.15, 0.2) is 5.75 Å². The van der Waals surface area contributed by atoms with Gasteiger partial charge in [-0.25, -0.2) is 0 Å². The van der Waals surface area contributed by atoms with Crippen molar-refractivity contribution in [2.24, 2.45) is 0 Å². The van der Waals surface area contributed by atoms with Crippen LogP contribution in [0.4, 0.5) is 5.69 Å². The molecule has 11 heteroatoms. The molecule has 0 aromatic heterocycles. The van der Waals surface area contributed by atoms with Gasteiger partial charge < -0.3 is 4.74 Å². The Morgan fingerprint density at radius 2 is 1.68 bits per heavy atom. The van der Waals surface area contributed by atoms with Gasteiger partial charge in [0.2, 0.25) is 0 Å². The Morgan fingerprint density at radius 3 is 2.05 bits per heavy atom. The third-order valence-corrected chi connectivity index (χ3v) is 2.62. The van der Waals surface area contributed by atoms with Crippen molar-refractivity contribution in [3.63, 3.8) is 0 Å². The van der Waals surface area contributed by atoms with Crippen molar-refractivity contribution in [2.45, 2.75) is 0 Å². The summed E-state index contributed by atoms with van der Waals surface area (Å²) in [6.45, 7) is 0. The summed E-state index contributed by atoms with van der Waals surface area (Å²) < 4.78 is 4.76. The average Bonchev–Trinajstić information content (AvgIpc) is 2.26. The van der Waals surface area contributed by atoms with Gasteiger partial charge in [-0.05, 0) is 5.56 Å². The van der Waals surface area contributed by atoms with Gasteiger partial charge in [-0.3, -0.25) is 30.3 Å². The predicted molar refractivity (Wildman–Crippen MR) is 63.7 cm³/mol. The van der Waals surface area contributed by atoms with Crippen LogP contribution in [0.25, 0.3) is 0 Å². The van der Waals surface area contributed by atoms with Crippen LogP contribution >= 0.6 is 15.9 Å². The fourth-order valence-electron chi connectivity index (χ4n) is 1.32. The monoisotopic (exact) mass is 334 g/mol. The van der Waals surface area contributed by atoms with Crippen molar-refractivity contribution in [1.82, 2.24) is 0 Å². The number of methoxy groups -OCH3 is 1. The van der Waals surface area contributed by atoms with Crippen LogP contribution in [0.1, 0.15) is 5.56 Å². The smallest absolute Gasteiger partial charge is 0.459 e. The lowest BCUT2D eigenvalue weighted by Crippen LogP contribution is -2.21. The number of rotatable bonds is 5. The van der Waals surface area contributed by atoms with E-state index in [-0.39, 0.29) is 10.2 Å². The lowest BCUT2D eigenvalue weighted by atomic mass is 10.1. The molecule has 0 aliphatic carbocycles. The molecular formula is C8H5BrN3O7-. The number of nitro benzene ring substituents is 1. The molecule has 19 heavy (non-hydrogen) atoms. The first-order valence-electron chi connectivity index (χ1n) is 4.47. The van der Waals surface area contributed by atoms with Crippen LogP contribution in [-0.4, -0.2) is 21.9 Å². The molecule has 0 atom stereocenters. The lowest BCUT2D eigenvalue weighted by Gasteiger charge is -2.12. The number of nitrogens with zero attached hydrogens (tertiary/aromatic N) is 3. The Morgan fingerprint density at radius 1 is 1.16 bits per heavy atom. The van der Waals surface area contributed by atoms with Crippen LogP contribution in [0.15, 0.2) is 16.6 Å². The topological polar surface area (TPSA) is 139 Å². The fourth-order valence-corrected chi connectivity index (χ4v) is 1.93. The van der Waals surface area contributed by atoms with E-state index < -0.39 is 32.2 Å². The summed E-state index contributed by atoms with van der Waals surface area (Å²) in [4.78, 5) is 28.7. The van der Waals surface area contributed by atoms with Gasteiger partial charge in [0.1, 0.15) is 0 Å². The molecule has 1 aromatic rings. The van der Waals surface area contributed by atoms with Crippen LogP contribution in [0.2, 0.25) is 0 Å². The van der Waals surface area contributed by atoms with Crippen molar-refractivity contribution in [3.8, 4) is 5.75 Å². The third kappa shape index (κ3) is 2.88. The number of hydrogen-bond acceptors (Lipinski definition) is 7. The van der Waals surface area contributed by atoms with Crippen LogP contribution in [0.3, 0.4) is 0 Å². The van der Waals surface area contributed by atoms with Gasteiger partial charge in [-0.15, -0.1) is 6.07 Å². The summed E-state index contributed by atoms with van der Waals surface area (Å²) in [7, 11) is 1.17. The Bertz CT molecular complexity index is 548. The van der Waals surface area contributed by atoms with Crippen LogP contribution in [0.5, 0.6) is 5.75 Å². The quantitative estimate of drug-likeness (QED) is 0.454. The largest absolute Gasteiger partial charge is 0.491 e. The number of nitro groups is 3. The second kappa shape index (κ2) is 5.48. The summed E-state index contributed by atoms with van der Waals surface area (Å²) >= 11 is 2.91. The number of benzene rings is 1. The molecule has 0 saturated carbocycles. The summed E-state index contributed by atoms with van der Waals surface area (Å²) in [5.74, 6) is -0.181. The minimum Gasteiger partial charge on any atom is -0.491 e. The zero-order valence-electron chi connectivity index (χ0n) is 9.23. The van der Waals surface area contributed by atoms with Gasteiger partial charge in [0.25, 0.3) is 5.69 Å². The Hall–Kier alpha value is -2.43. The normalized spacial score (nSPS) is 9.79. The predicted octanol–water partition coefficient (Wildman–Crippen LogP) is 1.76. The van der Waals surface area contributed by atoms with E-state index in [4.69, 9.17) is 4.74 Å². The van der Waals surface area contributed by atoms with E-state index in [0.717, 1.165) is 6.07 Å². The first-order chi connectivity index (χ1) is 8.79. The van der Waals surface area contributed by atoms with Crippen LogP contribution in [-0.2, 0) is 0 Å². The van der Waals surface area contributed by atoms with Crippen molar-refractivity contribution < 1.29 is 19.5 Å². The molecule has 0 amide bonds. The zero-order chi connectivity index (χ0) is 14.7. The highest BCUT2D eigenvalue weighted by molar-refractivity contribution is 9.10. The summed E-state index contributed by atoms with van der Waals surface area (Å²) in [5, 5.41) is 32.0. The second-order valence-electron chi connectivity index (χ2n) is 3.11. The third-order valence-electron chi connectivity index (χ3n) is 2.03. The van der Waals surface area contributed by atoms with Gasteiger partial charge >= 0.3 is 6.17 Å². The van der Waals surface area contributed by atoms with E-state index in [2.05, 4.69) is 15.9 Å². The maximum absolute atomic E-state index is 10.8. The first-order valence-corrected chi connectivity index (χ1v) is 5.27. The number of halogens is 1. The van der Waals surface area contributed by atoms with Gasteiger partial charge in [0, 0.05) is 4.47 Å². The molecule has 0 aliphatic rings. The maximum Gasteiger partial charge on any atom is 0.459 e. The summed E-state index contributed by atoms with van der Waals surface area (Å²) in [5.41, 5.74) is -1.12. The molecule has 0 radical (unpaired) electrons. The number of hydrogen-bond donors (Lipinski definition) is 0. The minimum absolute atomic E-state index is 0.000370. The summed E-state index contributed by atoms with van der Waals surface area (Å²) in [6.07, 6.45) is -1.36. The highest BCUT2D eigenvalue weighted by Gasteiger charge is 2.33. The van der Waals surface area contributed by atoms with E-state index in [1.807, 2.05) is 0 Å². The Balaban J connectivity index is 3.50. The molecule has 0 N–H and O–H groups in total. The second-order valence-corrected chi connectivity index (χ2v) is 3.96. The standard InChI is InChI=1S/C8H5BrN3O7/c1-19-7-5(9)2-4(3-6(7)10(13)14)8(11(15)16)12(17)18/h2-3H,1H3/q-1. The van der Waals surface area contributed by atoms with E-state index in [1.54, 1.807) is 0 Å². The minimum atomic E-state index is -1.36. The molecule has 10 nitrogen and oxygen atoms in total. The van der Waals surface area contributed by atoms with E-state index in [1.165, 1.54) is 7.11 Å².